The van der Waals surface area contributed by atoms with Crippen LogP contribution in [0.25, 0.3) is 0 Å². The first-order valence-electron chi connectivity index (χ1n) is 7.49. The summed E-state index contributed by atoms with van der Waals surface area (Å²) in [5, 5.41) is 0. The maximum absolute atomic E-state index is 6.53. The van der Waals surface area contributed by atoms with Crippen LogP contribution in [0, 0.1) is 0 Å². The van der Waals surface area contributed by atoms with Gasteiger partial charge in [-0.25, -0.2) is 0 Å². The summed E-state index contributed by atoms with van der Waals surface area (Å²) in [4.78, 5) is 0. The van der Waals surface area contributed by atoms with Crippen LogP contribution >= 0.6 is 0 Å². The Morgan fingerprint density at radius 2 is 1.26 bits per heavy atom. The zero-order chi connectivity index (χ0) is 15.3. The molecule has 2 nitrogen and oxygen atoms in total. The highest BCUT2D eigenvalue weighted by molar-refractivity contribution is 6.87. The van der Waals surface area contributed by atoms with Crippen molar-refractivity contribution in [1.82, 2.24) is 0 Å². The van der Waals surface area contributed by atoms with Crippen molar-refractivity contribution in [3.05, 3.63) is 11.6 Å². The molecule has 0 heterocycles. The molecular formula is C14H34O2Si3. The minimum absolute atomic E-state index is 1.03. The number of hydrogen-bond acceptors (Lipinski definition) is 2. The van der Waals surface area contributed by atoms with Crippen LogP contribution in [-0.2, 0) is 8.23 Å². The molecule has 0 atom stereocenters. The fourth-order valence-corrected chi connectivity index (χ4v) is 15.1. The van der Waals surface area contributed by atoms with Crippen molar-refractivity contribution in [3.8, 4) is 0 Å². The molecule has 19 heavy (non-hydrogen) atoms. The lowest BCUT2D eigenvalue weighted by molar-refractivity contribution is 0.387. The van der Waals surface area contributed by atoms with E-state index in [-0.39, 0.29) is 0 Å². The maximum Gasteiger partial charge on any atom is 0.318 e. The molecule has 0 bridgehead atoms. The van der Waals surface area contributed by atoms with Crippen molar-refractivity contribution < 1.29 is 8.23 Å². The Kier molecular flexibility index (Phi) is 7.48. The van der Waals surface area contributed by atoms with Crippen LogP contribution in [0.4, 0.5) is 0 Å². The highest BCUT2D eigenvalue weighted by Gasteiger charge is 2.40. The minimum atomic E-state index is -2.09. The molecule has 0 saturated heterocycles. The van der Waals surface area contributed by atoms with E-state index in [0.717, 1.165) is 18.9 Å². The van der Waals surface area contributed by atoms with Crippen LogP contribution in [0.1, 0.15) is 26.7 Å². The zero-order valence-electron chi connectivity index (χ0n) is 14.5. The molecule has 0 N–H and O–H groups in total. The zero-order valence-corrected chi connectivity index (χ0v) is 17.5. The molecule has 0 unspecified atom stereocenters. The number of allylic oxidation sites excluding steroid dienone is 2. The highest BCUT2D eigenvalue weighted by atomic mass is 28.5. The lowest BCUT2D eigenvalue weighted by Crippen LogP contribution is -2.52. The molecule has 0 radical (unpaired) electrons. The molecular weight excluding hydrogens is 284 g/mol. The lowest BCUT2D eigenvalue weighted by atomic mass is 10.2. The molecule has 0 aliphatic carbocycles. The van der Waals surface area contributed by atoms with Gasteiger partial charge in [0, 0.05) is 6.04 Å². The van der Waals surface area contributed by atoms with E-state index >= 15 is 0 Å². The highest BCUT2D eigenvalue weighted by Crippen LogP contribution is 2.28. The molecule has 0 aromatic heterocycles. The van der Waals surface area contributed by atoms with Gasteiger partial charge in [0.1, 0.15) is 0 Å². The van der Waals surface area contributed by atoms with E-state index in [1.165, 1.54) is 5.57 Å². The van der Waals surface area contributed by atoms with Crippen LogP contribution in [0.2, 0.25) is 51.9 Å². The maximum atomic E-state index is 6.53. The summed E-state index contributed by atoms with van der Waals surface area (Å²) in [7, 11) is -5.21. The average molecular weight is 319 g/mol. The number of hydrogen-bond donors (Lipinski definition) is 0. The van der Waals surface area contributed by atoms with Gasteiger partial charge >= 0.3 is 8.56 Å². The summed E-state index contributed by atoms with van der Waals surface area (Å²) >= 11 is 0. The third kappa shape index (κ3) is 9.79. The van der Waals surface area contributed by atoms with Gasteiger partial charge in [-0.2, -0.15) is 0 Å². The number of rotatable bonds is 8. The summed E-state index contributed by atoms with van der Waals surface area (Å²) in [6, 6.07) is 1.03. The topological polar surface area (TPSA) is 18.5 Å². The van der Waals surface area contributed by atoms with Crippen LogP contribution < -0.4 is 0 Å². The predicted octanol–water partition coefficient (Wildman–Crippen LogP) is 5.51. The average Bonchev–Trinajstić information content (AvgIpc) is 2.10. The Morgan fingerprint density at radius 1 is 0.842 bits per heavy atom. The fourth-order valence-electron chi connectivity index (χ4n) is 2.43. The molecule has 0 amide bonds. The SMILES string of the molecule is CC/C=C(/CC)C[Si](C)(O[Si](C)(C)C)O[Si](C)(C)C. The van der Waals surface area contributed by atoms with Crippen LogP contribution in [0.3, 0.4) is 0 Å². The predicted molar refractivity (Wildman–Crippen MR) is 94.0 cm³/mol. The van der Waals surface area contributed by atoms with Gasteiger partial charge in [-0.15, -0.1) is 0 Å². The van der Waals surface area contributed by atoms with Crippen molar-refractivity contribution in [2.45, 2.75) is 78.6 Å². The summed E-state index contributed by atoms with van der Waals surface area (Å²) in [5.74, 6) is 0. The van der Waals surface area contributed by atoms with Gasteiger partial charge in [-0.05, 0) is 58.7 Å². The van der Waals surface area contributed by atoms with E-state index in [4.69, 9.17) is 8.23 Å². The Balaban J connectivity index is 5.10. The van der Waals surface area contributed by atoms with E-state index in [0.29, 0.717) is 0 Å². The largest absolute Gasteiger partial charge is 0.436 e. The van der Waals surface area contributed by atoms with Crippen molar-refractivity contribution in [2.24, 2.45) is 0 Å². The van der Waals surface area contributed by atoms with E-state index < -0.39 is 25.2 Å². The molecule has 0 aliphatic heterocycles. The van der Waals surface area contributed by atoms with E-state index in [1.807, 2.05) is 0 Å². The van der Waals surface area contributed by atoms with Gasteiger partial charge in [0.2, 0.25) is 0 Å². The van der Waals surface area contributed by atoms with Crippen molar-refractivity contribution in [2.75, 3.05) is 0 Å². The molecule has 5 heteroatoms. The van der Waals surface area contributed by atoms with E-state index in [1.54, 1.807) is 0 Å². The second-order valence-electron chi connectivity index (χ2n) is 7.36. The Bertz CT molecular complexity index is 285. The first-order valence-corrected chi connectivity index (χ1v) is 16.8. The molecule has 0 aromatic carbocycles. The quantitative estimate of drug-likeness (QED) is 0.434. The van der Waals surface area contributed by atoms with E-state index in [9.17, 15) is 0 Å². The van der Waals surface area contributed by atoms with Crippen molar-refractivity contribution in [1.29, 1.82) is 0 Å². The van der Waals surface area contributed by atoms with Gasteiger partial charge in [0.25, 0.3) is 0 Å². The Hall–Kier alpha value is 0.311. The summed E-state index contributed by atoms with van der Waals surface area (Å²) in [6.07, 6.45) is 4.57. The second-order valence-corrected chi connectivity index (χ2v) is 20.1. The molecule has 0 rings (SSSR count). The van der Waals surface area contributed by atoms with Gasteiger partial charge < -0.3 is 8.23 Å². The Morgan fingerprint density at radius 3 is 1.53 bits per heavy atom. The third-order valence-electron chi connectivity index (χ3n) is 2.54. The second kappa shape index (κ2) is 7.36. The lowest BCUT2D eigenvalue weighted by Gasteiger charge is -2.39. The van der Waals surface area contributed by atoms with Crippen LogP contribution in [0.5, 0.6) is 0 Å². The van der Waals surface area contributed by atoms with Gasteiger partial charge in [-0.3, -0.25) is 0 Å². The monoisotopic (exact) mass is 318 g/mol. The van der Waals surface area contributed by atoms with Crippen molar-refractivity contribution >= 4 is 25.2 Å². The summed E-state index contributed by atoms with van der Waals surface area (Å²) in [6.45, 7) is 20.3. The standard InChI is InChI=1S/C14H34O2Si3/c1-10-12-14(11-2)13-19(9,15-17(3,4)5)16-18(6,7)8/h12H,10-11,13H2,1-9H3/b14-12-. The third-order valence-corrected chi connectivity index (χ3v) is 12.0. The molecule has 0 aliphatic rings. The fraction of sp³-hybridized carbons (Fsp3) is 0.857. The van der Waals surface area contributed by atoms with Gasteiger partial charge in [0.05, 0.1) is 0 Å². The minimum Gasteiger partial charge on any atom is -0.436 e. The van der Waals surface area contributed by atoms with Crippen molar-refractivity contribution in [3.63, 3.8) is 0 Å². The van der Waals surface area contributed by atoms with Gasteiger partial charge in [-0.1, -0.05) is 25.5 Å². The molecule has 0 saturated carbocycles. The first kappa shape index (κ1) is 19.3. The normalized spacial score (nSPS) is 14.9. The van der Waals surface area contributed by atoms with E-state index in [2.05, 4.69) is 65.8 Å². The first-order chi connectivity index (χ1) is 8.41. The summed E-state index contributed by atoms with van der Waals surface area (Å²) < 4.78 is 13.1. The molecule has 0 fully saturated rings. The van der Waals surface area contributed by atoms with Gasteiger partial charge in [0.15, 0.2) is 16.6 Å². The smallest absolute Gasteiger partial charge is 0.318 e. The summed E-state index contributed by atoms with van der Waals surface area (Å²) in [5.41, 5.74) is 1.51. The molecule has 0 spiro atoms. The molecule has 114 valence electrons. The van der Waals surface area contributed by atoms with Crippen LogP contribution in [-0.4, -0.2) is 25.2 Å². The molecule has 0 aromatic rings. The Labute approximate surface area is 124 Å². The van der Waals surface area contributed by atoms with Crippen LogP contribution in [0.15, 0.2) is 11.6 Å².